The van der Waals surface area contributed by atoms with Gasteiger partial charge < -0.3 is 4.79 Å². The number of allylic oxidation sites excluding steroid dienone is 1. The standard InChI is InChI=1S/C22H32OS2/c1-14-11-15-12-22(24-9-10-25-22)8-6-17(15)18-5-7-21(2)16(13-23)3-4-19(21)20(14)18/h12-14,16-20H,3-11H2,1-2H3/t14-,16-,17+,18-,19+,20-,21-/m1/s1. The topological polar surface area (TPSA) is 17.1 Å². The van der Waals surface area contributed by atoms with Crippen LogP contribution >= 0.6 is 23.5 Å². The van der Waals surface area contributed by atoms with E-state index in [1.54, 1.807) is 0 Å². The van der Waals surface area contributed by atoms with Crippen LogP contribution in [-0.2, 0) is 4.79 Å². The van der Waals surface area contributed by atoms with Crippen LogP contribution in [0.1, 0.15) is 58.8 Å². The molecule has 0 amide bonds. The number of hydrogen-bond acceptors (Lipinski definition) is 3. The molecule has 1 heterocycles. The Hall–Kier alpha value is 0.110. The first kappa shape index (κ1) is 17.2. The Labute approximate surface area is 161 Å². The summed E-state index contributed by atoms with van der Waals surface area (Å²) in [4.78, 5) is 11.7. The lowest BCUT2D eigenvalue weighted by Gasteiger charge is -2.56. The monoisotopic (exact) mass is 376 g/mol. The van der Waals surface area contributed by atoms with E-state index in [0.717, 1.165) is 36.0 Å². The zero-order chi connectivity index (χ0) is 17.2. The van der Waals surface area contributed by atoms with E-state index in [9.17, 15) is 4.79 Å². The molecular formula is C22H32OS2. The predicted molar refractivity (Wildman–Crippen MR) is 109 cm³/mol. The summed E-state index contributed by atoms with van der Waals surface area (Å²) in [6.45, 7) is 4.99. The van der Waals surface area contributed by atoms with Crippen LogP contribution in [-0.4, -0.2) is 21.9 Å². The van der Waals surface area contributed by atoms with Gasteiger partial charge in [-0.25, -0.2) is 0 Å². The summed E-state index contributed by atoms with van der Waals surface area (Å²) in [6, 6.07) is 0. The number of carbonyl (C=O) groups is 1. The third kappa shape index (κ3) is 2.47. The summed E-state index contributed by atoms with van der Waals surface area (Å²) in [7, 11) is 0. The van der Waals surface area contributed by atoms with Crippen molar-refractivity contribution < 1.29 is 4.79 Å². The van der Waals surface area contributed by atoms with Gasteiger partial charge in [0.25, 0.3) is 0 Å². The summed E-state index contributed by atoms with van der Waals surface area (Å²) in [5.41, 5.74) is 2.14. The first-order chi connectivity index (χ1) is 12.1. The molecule has 5 rings (SSSR count). The van der Waals surface area contributed by atoms with Crippen molar-refractivity contribution in [2.75, 3.05) is 11.5 Å². The number of hydrogen-bond donors (Lipinski definition) is 0. The molecule has 25 heavy (non-hydrogen) atoms. The van der Waals surface area contributed by atoms with E-state index in [1.165, 1.54) is 56.3 Å². The maximum absolute atomic E-state index is 11.7. The second-order valence-electron chi connectivity index (χ2n) is 9.77. The van der Waals surface area contributed by atoms with Gasteiger partial charge in [-0.1, -0.05) is 25.5 Å². The van der Waals surface area contributed by atoms with Gasteiger partial charge in [0.05, 0.1) is 4.08 Å². The zero-order valence-corrected chi connectivity index (χ0v) is 17.3. The molecule has 0 aromatic rings. The molecule has 4 fully saturated rings. The lowest BCUT2D eigenvalue weighted by molar-refractivity contribution is -0.117. The highest BCUT2D eigenvalue weighted by Gasteiger charge is 2.58. The maximum Gasteiger partial charge on any atom is 0.123 e. The highest BCUT2D eigenvalue weighted by Crippen LogP contribution is 2.66. The lowest BCUT2D eigenvalue weighted by atomic mass is 9.49. The van der Waals surface area contributed by atoms with Crippen LogP contribution < -0.4 is 0 Å². The largest absolute Gasteiger partial charge is 0.303 e. The summed E-state index contributed by atoms with van der Waals surface area (Å²) in [5.74, 6) is 7.30. The van der Waals surface area contributed by atoms with Crippen molar-refractivity contribution in [3.05, 3.63) is 11.6 Å². The average molecular weight is 377 g/mol. The van der Waals surface area contributed by atoms with Gasteiger partial charge in [0.1, 0.15) is 6.29 Å². The summed E-state index contributed by atoms with van der Waals surface area (Å²) in [5, 5.41) is 0. The normalized spacial score (nSPS) is 50.7. The summed E-state index contributed by atoms with van der Waals surface area (Å²) < 4.78 is 0.442. The Morgan fingerprint density at radius 3 is 2.68 bits per heavy atom. The van der Waals surface area contributed by atoms with Gasteiger partial charge in [0, 0.05) is 17.4 Å². The highest BCUT2D eigenvalue weighted by atomic mass is 32.2. The van der Waals surface area contributed by atoms with Crippen LogP contribution in [0.3, 0.4) is 0 Å². The first-order valence-electron chi connectivity index (χ1n) is 10.5. The molecule has 1 aliphatic heterocycles. The van der Waals surface area contributed by atoms with E-state index in [2.05, 4.69) is 43.4 Å². The van der Waals surface area contributed by atoms with Gasteiger partial charge in [-0.2, -0.15) is 0 Å². The molecule has 138 valence electrons. The van der Waals surface area contributed by atoms with Crippen molar-refractivity contribution in [2.24, 2.45) is 40.9 Å². The third-order valence-corrected chi connectivity index (χ3v) is 12.2. The molecular weight excluding hydrogens is 344 g/mol. The molecule has 5 aliphatic rings. The molecule has 4 aliphatic carbocycles. The third-order valence-electron chi connectivity index (χ3n) is 8.82. The number of aldehydes is 1. The van der Waals surface area contributed by atoms with E-state index in [-0.39, 0.29) is 0 Å². The van der Waals surface area contributed by atoms with Crippen molar-refractivity contribution in [2.45, 2.75) is 62.9 Å². The minimum Gasteiger partial charge on any atom is -0.303 e. The van der Waals surface area contributed by atoms with E-state index < -0.39 is 0 Å². The molecule has 1 spiro atoms. The van der Waals surface area contributed by atoms with Crippen molar-refractivity contribution in [3.63, 3.8) is 0 Å². The van der Waals surface area contributed by atoms with E-state index in [0.29, 0.717) is 15.4 Å². The molecule has 3 heteroatoms. The maximum atomic E-state index is 11.7. The van der Waals surface area contributed by atoms with Crippen molar-refractivity contribution >= 4 is 29.8 Å². The number of carbonyl (C=O) groups excluding carboxylic acids is 1. The second kappa shape index (κ2) is 6.06. The fourth-order valence-corrected chi connectivity index (χ4v) is 10.9. The van der Waals surface area contributed by atoms with Gasteiger partial charge in [-0.15, -0.1) is 23.5 Å². The van der Waals surface area contributed by atoms with Crippen LogP contribution in [0.5, 0.6) is 0 Å². The molecule has 3 saturated carbocycles. The molecule has 0 bridgehead atoms. The summed E-state index contributed by atoms with van der Waals surface area (Å²) in [6.07, 6.45) is 13.4. The molecule has 7 atom stereocenters. The van der Waals surface area contributed by atoms with Crippen molar-refractivity contribution in [1.29, 1.82) is 0 Å². The van der Waals surface area contributed by atoms with Crippen molar-refractivity contribution in [3.8, 4) is 0 Å². The number of thioether (sulfide) groups is 2. The van der Waals surface area contributed by atoms with Gasteiger partial charge >= 0.3 is 0 Å². The van der Waals surface area contributed by atoms with Gasteiger partial charge in [0.15, 0.2) is 0 Å². The minimum atomic E-state index is 0.311. The fraction of sp³-hybridized carbons (Fsp3) is 0.864. The van der Waals surface area contributed by atoms with Crippen LogP contribution in [0.2, 0.25) is 0 Å². The molecule has 0 aromatic heterocycles. The second-order valence-corrected chi connectivity index (χ2v) is 12.9. The molecule has 0 radical (unpaired) electrons. The van der Waals surface area contributed by atoms with Crippen molar-refractivity contribution in [1.82, 2.24) is 0 Å². The van der Waals surface area contributed by atoms with Crippen LogP contribution in [0, 0.1) is 40.9 Å². The molecule has 0 unspecified atom stereocenters. The van der Waals surface area contributed by atoms with Gasteiger partial charge in [0.2, 0.25) is 0 Å². The highest BCUT2D eigenvalue weighted by molar-refractivity contribution is 8.21. The van der Waals surface area contributed by atoms with Gasteiger partial charge in [-0.05, 0) is 80.0 Å². The van der Waals surface area contributed by atoms with Crippen LogP contribution in [0.15, 0.2) is 11.6 Å². The predicted octanol–water partition coefficient (Wildman–Crippen LogP) is 5.80. The fourth-order valence-electron chi connectivity index (χ4n) is 7.69. The molecule has 1 saturated heterocycles. The van der Waals surface area contributed by atoms with E-state index >= 15 is 0 Å². The Morgan fingerprint density at radius 2 is 1.92 bits per heavy atom. The minimum absolute atomic E-state index is 0.311. The Balaban J connectivity index is 1.45. The van der Waals surface area contributed by atoms with E-state index in [1.807, 2.05) is 5.57 Å². The van der Waals surface area contributed by atoms with Crippen LogP contribution in [0.4, 0.5) is 0 Å². The molecule has 0 N–H and O–H groups in total. The van der Waals surface area contributed by atoms with Crippen LogP contribution in [0.25, 0.3) is 0 Å². The average Bonchev–Trinajstić information content (AvgIpc) is 3.18. The Kier molecular flexibility index (Phi) is 4.17. The molecule has 1 nitrogen and oxygen atoms in total. The first-order valence-corrected chi connectivity index (χ1v) is 12.5. The number of rotatable bonds is 1. The van der Waals surface area contributed by atoms with E-state index in [4.69, 9.17) is 0 Å². The Bertz CT molecular complexity index is 593. The molecule has 0 aromatic carbocycles. The Morgan fingerprint density at radius 1 is 1.12 bits per heavy atom. The SMILES string of the molecule is C[C@@H]1CC2=CC3(CC[C@@H]2[C@H]2CC[C@]4(C)[C@@H](C=O)CC[C@H]4[C@@H]21)SCCS3. The quantitative estimate of drug-likeness (QED) is 0.425. The smallest absolute Gasteiger partial charge is 0.123 e. The zero-order valence-electron chi connectivity index (χ0n) is 15.7. The number of fused-ring (bicyclic) bond motifs is 5. The lowest BCUT2D eigenvalue weighted by Crippen LogP contribution is -2.49. The van der Waals surface area contributed by atoms with Gasteiger partial charge in [-0.3, -0.25) is 0 Å². The summed E-state index contributed by atoms with van der Waals surface area (Å²) >= 11 is 4.44.